The number of carbonyl (C=O) groups excluding carboxylic acids is 1. The summed E-state index contributed by atoms with van der Waals surface area (Å²) >= 11 is 5.96. The lowest BCUT2D eigenvalue weighted by Crippen LogP contribution is -2.28. The third kappa shape index (κ3) is 3.71. The van der Waals surface area contributed by atoms with E-state index in [1.165, 1.54) is 0 Å². The molecule has 0 spiro atoms. The summed E-state index contributed by atoms with van der Waals surface area (Å²) in [6.45, 7) is 4.50. The number of carboxylic acids is 1. The lowest BCUT2D eigenvalue weighted by Gasteiger charge is -2.21. The Kier molecular flexibility index (Phi) is 5.35. The number of aryl methyl sites for hydroxylation is 2. The van der Waals surface area contributed by atoms with Crippen LogP contribution >= 0.6 is 11.6 Å². The molecule has 0 bridgehead atoms. The molecule has 1 aliphatic rings. The Hall–Kier alpha value is -3.11. The summed E-state index contributed by atoms with van der Waals surface area (Å²) in [5.41, 5.74) is 7.23. The van der Waals surface area contributed by atoms with Crippen LogP contribution in [0.15, 0.2) is 54.6 Å². The molecule has 0 atom stereocenters. The van der Waals surface area contributed by atoms with E-state index in [9.17, 15) is 14.7 Å². The predicted molar refractivity (Wildman–Crippen MR) is 120 cm³/mol. The highest BCUT2D eigenvalue weighted by Crippen LogP contribution is 2.41. The van der Waals surface area contributed by atoms with Crippen LogP contribution in [-0.4, -0.2) is 23.5 Å². The maximum atomic E-state index is 13.2. The fourth-order valence-electron chi connectivity index (χ4n) is 4.13. The van der Waals surface area contributed by atoms with Crippen molar-refractivity contribution in [2.24, 2.45) is 0 Å². The van der Waals surface area contributed by atoms with Crippen LogP contribution in [0.25, 0.3) is 11.1 Å². The number of fused-ring (bicyclic) bond motifs is 1. The fraction of sp³-hybridized carbons (Fsp3) is 0.200. The van der Waals surface area contributed by atoms with Crippen LogP contribution in [0.1, 0.15) is 32.6 Å². The SMILES string of the molecule is Cc1ccc(-c2c(CC(=O)O)c(C)cc3c2CCN3C(=O)c2ccc(Cl)cc2)cc1. The number of amides is 1. The zero-order chi connectivity index (χ0) is 21.4. The molecule has 0 saturated carbocycles. The Balaban J connectivity index is 1.85. The van der Waals surface area contributed by atoms with Gasteiger partial charge in [0, 0.05) is 22.8 Å². The molecule has 0 saturated heterocycles. The number of carbonyl (C=O) groups is 2. The van der Waals surface area contributed by atoms with Crippen LogP contribution in [0, 0.1) is 13.8 Å². The molecule has 1 amide bonds. The second-order valence-corrected chi connectivity index (χ2v) is 8.13. The summed E-state index contributed by atoms with van der Waals surface area (Å²) < 4.78 is 0. The van der Waals surface area contributed by atoms with E-state index in [1.54, 1.807) is 29.2 Å². The first-order valence-electron chi connectivity index (χ1n) is 9.87. The van der Waals surface area contributed by atoms with Gasteiger partial charge in [-0.25, -0.2) is 0 Å². The van der Waals surface area contributed by atoms with Crippen molar-refractivity contribution in [2.45, 2.75) is 26.7 Å². The van der Waals surface area contributed by atoms with Gasteiger partial charge in [0.25, 0.3) is 5.91 Å². The average molecular weight is 420 g/mol. The van der Waals surface area contributed by atoms with Crippen LogP contribution < -0.4 is 4.90 Å². The van der Waals surface area contributed by atoms with Gasteiger partial charge in [0.2, 0.25) is 0 Å². The van der Waals surface area contributed by atoms with Crippen LogP contribution in [0.2, 0.25) is 5.02 Å². The second-order valence-electron chi connectivity index (χ2n) is 7.69. The van der Waals surface area contributed by atoms with Crippen molar-refractivity contribution in [3.63, 3.8) is 0 Å². The number of benzene rings is 3. The number of halogens is 1. The predicted octanol–water partition coefficient (Wildman–Crippen LogP) is 5.45. The quantitative estimate of drug-likeness (QED) is 0.611. The van der Waals surface area contributed by atoms with E-state index in [1.807, 2.05) is 44.2 Å². The average Bonchev–Trinajstić information content (AvgIpc) is 3.12. The van der Waals surface area contributed by atoms with Crippen molar-refractivity contribution in [1.29, 1.82) is 0 Å². The van der Waals surface area contributed by atoms with Gasteiger partial charge < -0.3 is 10.0 Å². The molecule has 3 aromatic rings. The van der Waals surface area contributed by atoms with Crippen LogP contribution in [0.5, 0.6) is 0 Å². The Bertz CT molecular complexity index is 1130. The zero-order valence-corrected chi connectivity index (χ0v) is 17.7. The molecular formula is C25H22ClNO3. The molecule has 4 nitrogen and oxygen atoms in total. The lowest BCUT2D eigenvalue weighted by atomic mass is 9.88. The monoisotopic (exact) mass is 419 g/mol. The molecule has 152 valence electrons. The molecule has 3 aromatic carbocycles. The molecule has 1 aliphatic heterocycles. The maximum Gasteiger partial charge on any atom is 0.307 e. The molecule has 4 rings (SSSR count). The minimum atomic E-state index is -0.862. The number of hydrogen-bond acceptors (Lipinski definition) is 2. The molecule has 0 fully saturated rings. The van der Waals surface area contributed by atoms with Gasteiger partial charge in [0.15, 0.2) is 0 Å². The molecular weight excluding hydrogens is 398 g/mol. The van der Waals surface area contributed by atoms with E-state index in [0.717, 1.165) is 39.1 Å². The molecule has 5 heteroatoms. The number of nitrogens with zero attached hydrogens (tertiary/aromatic N) is 1. The van der Waals surface area contributed by atoms with Crippen molar-refractivity contribution in [3.8, 4) is 11.1 Å². The van der Waals surface area contributed by atoms with E-state index in [4.69, 9.17) is 11.6 Å². The van der Waals surface area contributed by atoms with Gasteiger partial charge in [-0.05, 0) is 78.4 Å². The minimum Gasteiger partial charge on any atom is -0.481 e. The fourth-order valence-corrected chi connectivity index (χ4v) is 4.26. The van der Waals surface area contributed by atoms with Crippen LogP contribution in [0.4, 0.5) is 5.69 Å². The Labute approximate surface area is 180 Å². The van der Waals surface area contributed by atoms with E-state index in [-0.39, 0.29) is 12.3 Å². The van der Waals surface area contributed by atoms with Gasteiger partial charge >= 0.3 is 5.97 Å². The molecule has 30 heavy (non-hydrogen) atoms. The highest BCUT2D eigenvalue weighted by molar-refractivity contribution is 6.30. The highest BCUT2D eigenvalue weighted by Gasteiger charge is 2.30. The topological polar surface area (TPSA) is 57.6 Å². The van der Waals surface area contributed by atoms with Gasteiger partial charge in [-0.3, -0.25) is 9.59 Å². The van der Waals surface area contributed by atoms with Crippen molar-refractivity contribution < 1.29 is 14.7 Å². The third-order valence-corrected chi connectivity index (χ3v) is 5.87. The minimum absolute atomic E-state index is 0.0482. The summed E-state index contributed by atoms with van der Waals surface area (Å²) in [6, 6.07) is 16.9. The highest BCUT2D eigenvalue weighted by atomic mass is 35.5. The molecule has 0 unspecified atom stereocenters. The van der Waals surface area contributed by atoms with Crippen LogP contribution in [0.3, 0.4) is 0 Å². The van der Waals surface area contributed by atoms with E-state index >= 15 is 0 Å². The molecule has 0 aromatic heterocycles. The van der Waals surface area contributed by atoms with Gasteiger partial charge in [0.1, 0.15) is 0 Å². The molecule has 0 radical (unpaired) electrons. The lowest BCUT2D eigenvalue weighted by molar-refractivity contribution is -0.136. The summed E-state index contributed by atoms with van der Waals surface area (Å²) in [6.07, 6.45) is 0.637. The van der Waals surface area contributed by atoms with Gasteiger partial charge in [0.05, 0.1) is 6.42 Å². The first-order chi connectivity index (χ1) is 14.3. The summed E-state index contributed by atoms with van der Waals surface area (Å²) in [5.74, 6) is -0.941. The maximum absolute atomic E-state index is 13.2. The van der Waals surface area contributed by atoms with E-state index < -0.39 is 5.97 Å². The molecule has 1 heterocycles. The normalized spacial score (nSPS) is 12.7. The first-order valence-corrected chi connectivity index (χ1v) is 10.2. The number of carboxylic acid groups (broad SMARTS) is 1. The number of rotatable bonds is 4. The third-order valence-electron chi connectivity index (χ3n) is 5.62. The second kappa shape index (κ2) is 7.96. The molecule has 0 aliphatic carbocycles. The van der Waals surface area contributed by atoms with Crippen molar-refractivity contribution in [1.82, 2.24) is 0 Å². The summed E-state index contributed by atoms with van der Waals surface area (Å²) in [7, 11) is 0. The number of hydrogen-bond donors (Lipinski definition) is 1. The van der Waals surface area contributed by atoms with E-state index in [2.05, 4.69) is 0 Å². The summed E-state index contributed by atoms with van der Waals surface area (Å²) in [4.78, 5) is 26.5. The first kappa shape index (κ1) is 20.2. The summed E-state index contributed by atoms with van der Waals surface area (Å²) in [5, 5.41) is 10.1. The number of anilines is 1. The number of aliphatic carboxylic acids is 1. The Morgan fingerprint density at radius 1 is 1.03 bits per heavy atom. The van der Waals surface area contributed by atoms with Gasteiger partial charge in [-0.2, -0.15) is 0 Å². The Morgan fingerprint density at radius 2 is 1.70 bits per heavy atom. The zero-order valence-electron chi connectivity index (χ0n) is 16.9. The van der Waals surface area contributed by atoms with Crippen LogP contribution in [-0.2, 0) is 17.6 Å². The molecule has 1 N–H and O–H groups in total. The Morgan fingerprint density at radius 3 is 2.33 bits per heavy atom. The van der Waals surface area contributed by atoms with Crippen molar-refractivity contribution in [2.75, 3.05) is 11.4 Å². The van der Waals surface area contributed by atoms with Gasteiger partial charge in [-0.15, -0.1) is 0 Å². The van der Waals surface area contributed by atoms with Crippen molar-refractivity contribution in [3.05, 3.63) is 87.4 Å². The van der Waals surface area contributed by atoms with E-state index in [0.29, 0.717) is 23.6 Å². The smallest absolute Gasteiger partial charge is 0.307 e. The largest absolute Gasteiger partial charge is 0.481 e. The standard InChI is InChI=1S/C25H22ClNO3/c1-15-3-5-17(6-4-15)24-20-11-12-27(25(30)18-7-9-19(26)10-8-18)22(20)13-16(2)21(24)14-23(28)29/h3-10,13H,11-12,14H2,1-2H3,(H,28,29). The van der Waals surface area contributed by atoms with Crippen molar-refractivity contribution >= 4 is 29.2 Å². The van der Waals surface area contributed by atoms with Gasteiger partial charge in [-0.1, -0.05) is 41.4 Å².